The van der Waals surface area contributed by atoms with Crippen LogP contribution >= 0.6 is 0 Å². The Labute approximate surface area is 182 Å². The van der Waals surface area contributed by atoms with Crippen molar-refractivity contribution >= 4 is 17.7 Å². The maximum absolute atomic E-state index is 11.8. The van der Waals surface area contributed by atoms with Gasteiger partial charge < -0.3 is 9.47 Å². The summed E-state index contributed by atoms with van der Waals surface area (Å²) in [7, 11) is 0. The molecule has 0 saturated heterocycles. The van der Waals surface area contributed by atoms with Gasteiger partial charge in [0.1, 0.15) is 12.6 Å². The average Bonchev–Trinajstić information content (AvgIpc) is 2.79. The molecule has 0 spiro atoms. The summed E-state index contributed by atoms with van der Waals surface area (Å²) in [5.74, 6) is -0.909. The molecule has 0 aliphatic carbocycles. The van der Waals surface area contributed by atoms with E-state index >= 15 is 0 Å². The van der Waals surface area contributed by atoms with Crippen molar-refractivity contribution in [3.05, 3.63) is 108 Å². The Morgan fingerprint density at radius 1 is 0.742 bits per heavy atom. The molecular weight excluding hydrogens is 390 g/mol. The van der Waals surface area contributed by atoms with Crippen LogP contribution in [-0.2, 0) is 19.1 Å². The van der Waals surface area contributed by atoms with Crippen LogP contribution in [0.4, 0.5) is 0 Å². The zero-order valence-corrected chi connectivity index (χ0v) is 17.6. The van der Waals surface area contributed by atoms with Gasteiger partial charge in [-0.1, -0.05) is 91.0 Å². The molecule has 5 nitrogen and oxygen atoms in total. The highest BCUT2D eigenvalue weighted by atomic mass is 16.6. The molecule has 0 N–H and O–H groups in total. The normalized spacial score (nSPS) is 12.3. The van der Waals surface area contributed by atoms with E-state index in [1.54, 1.807) is 0 Å². The van der Waals surface area contributed by atoms with Crippen molar-refractivity contribution in [2.45, 2.75) is 26.0 Å². The van der Waals surface area contributed by atoms with Gasteiger partial charge in [0.2, 0.25) is 0 Å². The Hall–Kier alpha value is -3.73. The second-order valence-corrected chi connectivity index (χ2v) is 7.02. The Bertz CT molecular complexity index is 976. The largest absolute Gasteiger partial charge is 0.462 e. The molecule has 2 atom stereocenters. The van der Waals surface area contributed by atoms with Crippen LogP contribution in [0.2, 0.25) is 0 Å². The van der Waals surface area contributed by atoms with Crippen LogP contribution in [0.15, 0.2) is 96.0 Å². The topological polar surface area (TPSA) is 65.0 Å². The zero-order chi connectivity index (χ0) is 22.1. The molecule has 0 heterocycles. The standard InChI is InChI=1S/C26H25NO4/c1-19(28)30-18-24(31-20(2)29)26(23-16-10-5-11-17-23)27-25(21-12-6-3-7-13-21)22-14-8-4-9-15-22/h3-17,24,26H,18H2,1-2H3/t24-,26+/m1/s1. The van der Waals surface area contributed by atoms with Crippen molar-refractivity contribution in [1.29, 1.82) is 0 Å². The fraction of sp³-hybridized carbons (Fsp3) is 0.192. The van der Waals surface area contributed by atoms with E-state index in [0.717, 1.165) is 22.4 Å². The van der Waals surface area contributed by atoms with Crippen LogP contribution in [0.3, 0.4) is 0 Å². The number of rotatable bonds is 8. The number of carbonyl (C=O) groups is 2. The smallest absolute Gasteiger partial charge is 0.303 e. The molecule has 0 fully saturated rings. The van der Waals surface area contributed by atoms with Crippen molar-refractivity contribution < 1.29 is 19.1 Å². The maximum atomic E-state index is 11.8. The Kier molecular flexibility index (Phi) is 7.71. The highest BCUT2D eigenvalue weighted by Gasteiger charge is 2.28. The number of ether oxygens (including phenoxy) is 2. The summed E-state index contributed by atoms with van der Waals surface area (Å²) in [5.41, 5.74) is 3.48. The van der Waals surface area contributed by atoms with E-state index in [9.17, 15) is 9.59 Å². The fourth-order valence-corrected chi connectivity index (χ4v) is 3.27. The summed E-state index contributed by atoms with van der Waals surface area (Å²) in [4.78, 5) is 28.4. The molecule has 0 saturated carbocycles. The molecule has 0 bridgehead atoms. The number of hydrogen-bond donors (Lipinski definition) is 0. The van der Waals surface area contributed by atoms with E-state index in [4.69, 9.17) is 14.5 Å². The van der Waals surface area contributed by atoms with Crippen LogP contribution in [0, 0.1) is 0 Å². The molecule has 3 aromatic carbocycles. The molecule has 0 unspecified atom stereocenters. The SMILES string of the molecule is CC(=O)OC[C@@H](OC(C)=O)[C@@H](N=C(c1ccccc1)c1ccccc1)c1ccccc1. The minimum atomic E-state index is -0.772. The van der Waals surface area contributed by atoms with Gasteiger partial charge in [0.05, 0.1) is 5.71 Å². The Morgan fingerprint density at radius 2 is 1.23 bits per heavy atom. The van der Waals surface area contributed by atoms with Crippen LogP contribution in [0.5, 0.6) is 0 Å². The van der Waals surface area contributed by atoms with Crippen LogP contribution in [-0.4, -0.2) is 30.4 Å². The summed E-state index contributed by atoms with van der Waals surface area (Å²) in [6, 6.07) is 28.6. The molecule has 0 radical (unpaired) electrons. The van der Waals surface area contributed by atoms with Crippen molar-refractivity contribution in [1.82, 2.24) is 0 Å². The van der Waals surface area contributed by atoms with Gasteiger partial charge in [0.25, 0.3) is 0 Å². The third-order valence-corrected chi connectivity index (χ3v) is 4.62. The van der Waals surface area contributed by atoms with Crippen molar-refractivity contribution in [3.63, 3.8) is 0 Å². The summed E-state index contributed by atoms with van der Waals surface area (Å²) >= 11 is 0. The highest BCUT2D eigenvalue weighted by Crippen LogP contribution is 2.27. The van der Waals surface area contributed by atoms with E-state index in [1.807, 2.05) is 91.0 Å². The minimum absolute atomic E-state index is 0.0885. The molecule has 3 rings (SSSR count). The van der Waals surface area contributed by atoms with Crippen LogP contribution in [0.1, 0.15) is 36.6 Å². The van der Waals surface area contributed by atoms with Crippen molar-refractivity contribution in [2.75, 3.05) is 6.61 Å². The van der Waals surface area contributed by atoms with E-state index < -0.39 is 24.1 Å². The third-order valence-electron chi connectivity index (χ3n) is 4.62. The monoisotopic (exact) mass is 415 g/mol. The molecule has 5 heteroatoms. The summed E-state index contributed by atoms with van der Waals surface area (Å²) in [6.07, 6.45) is -0.772. The maximum Gasteiger partial charge on any atom is 0.303 e. The van der Waals surface area contributed by atoms with E-state index in [1.165, 1.54) is 13.8 Å². The first kappa shape index (κ1) is 22.0. The number of hydrogen-bond acceptors (Lipinski definition) is 5. The lowest BCUT2D eigenvalue weighted by Gasteiger charge is -2.25. The molecule has 0 aliphatic rings. The zero-order valence-electron chi connectivity index (χ0n) is 17.6. The summed E-state index contributed by atoms with van der Waals surface area (Å²) in [6.45, 7) is 2.57. The molecular formula is C26H25NO4. The first-order valence-corrected chi connectivity index (χ1v) is 10.1. The molecule has 0 aromatic heterocycles. The van der Waals surface area contributed by atoms with Gasteiger partial charge in [0.15, 0.2) is 6.10 Å². The van der Waals surface area contributed by atoms with E-state index in [2.05, 4.69) is 0 Å². The lowest BCUT2D eigenvalue weighted by Crippen LogP contribution is -2.30. The average molecular weight is 415 g/mol. The summed E-state index contributed by atoms with van der Waals surface area (Å²) < 4.78 is 10.8. The molecule has 0 amide bonds. The number of carbonyl (C=O) groups excluding carboxylic acids is 2. The van der Waals surface area contributed by atoms with Gasteiger partial charge in [-0.2, -0.15) is 0 Å². The first-order chi connectivity index (χ1) is 15.0. The van der Waals surface area contributed by atoms with Crippen molar-refractivity contribution in [3.8, 4) is 0 Å². The molecule has 158 valence electrons. The highest BCUT2D eigenvalue weighted by molar-refractivity contribution is 6.13. The number of aliphatic imine (C=N–C) groups is 1. The van der Waals surface area contributed by atoms with Crippen LogP contribution < -0.4 is 0 Å². The second kappa shape index (κ2) is 10.9. The van der Waals surface area contributed by atoms with Gasteiger partial charge in [-0.15, -0.1) is 0 Å². The second-order valence-electron chi connectivity index (χ2n) is 7.02. The van der Waals surface area contributed by atoms with Gasteiger partial charge >= 0.3 is 11.9 Å². The quantitative estimate of drug-likeness (QED) is 0.393. The molecule has 0 aliphatic heterocycles. The third kappa shape index (κ3) is 6.37. The Morgan fingerprint density at radius 3 is 1.68 bits per heavy atom. The predicted molar refractivity (Wildman–Crippen MR) is 120 cm³/mol. The molecule has 31 heavy (non-hydrogen) atoms. The Balaban J connectivity index is 2.14. The van der Waals surface area contributed by atoms with Gasteiger partial charge in [-0.25, -0.2) is 0 Å². The van der Waals surface area contributed by atoms with E-state index in [-0.39, 0.29) is 6.61 Å². The summed E-state index contributed by atoms with van der Waals surface area (Å²) in [5, 5.41) is 0. The lowest BCUT2D eigenvalue weighted by atomic mass is 9.98. The minimum Gasteiger partial charge on any atom is -0.462 e. The lowest BCUT2D eigenvalue weighted by molar-refractivity contribution is -0.157. The van der Waals surface area contributed by atoms with Crippen molar-refractivity contribution in [2.24, 2.45) is 4.99 Å². The van der Waals surface area contributed by atoms with Gasteiger partial charge in [-0.05, 0) is 5.56 Å². The number of benzene rings is 3. The fourth-order valence-electron chi connectivity index (χ4n) is 3.27. The van der Waals surface area contributed by atoms with Gasteiger partial charge in [0, 0.05) is 25.0 Å². The number of esters is 2. The predicted octanol–water partition coefficient (Wildman–Crippen LogP) is 4.76. The van der Waals surface area contributed by atoms with E-state index in [0.29, 0.717) is 0 Å². The first-order valence-electron chi connectivity index (χ1n) is 10.1. The van der Waals surface area contributed by atoms with Gasteiger partial charge in [-0.3, -0.25) is 14.6 Å². The van der Waals surface area contributed by atoms with Crippen LogP contribution in [0.25, 0.3) is 0 Å². The number of nitrogens with zero attached hydrogens (tertiary/aromatic N) is 1. The molecule has 3 aromatic rings.